The molecule has 2 rings (SSSR count). The van der Waals surface area contributed by atoms with Crippen LogP contribution in [0.25, 0.3) is 6.08 Å². The average molecular weight is 304 g/mol. The summed E-state index contributed by atoms with van der Waals surface area (Å²) >= 11 is 1.46. The first-order valence-corrected chi connectivity index (χ1v) is 7.10. The highest BCUT2D eigenvalue weighted by Crippen LogP contribution is 2.37. The summed E-state index contributed by atoms with van der Waals surface area (Å²) in [5.41, 5.74) is 0.711. The van der Waals surface area contributed by atoms with Gasteiger partial charge in [0.05, 0.1) is 19.1 Å². The number of hydrogen-bond acceptors (Lipinski definition) is 5. The summed E-state index contributed by atoms with van der Waals surface area (Å²) in [6.07, 6.45) is 3.17. The van der Waals surface area contributed by atoms with Crippen molar-refractivity contribution < 1.29 is 19.4 Å². The third-order valence-electron chi connectivity index (χ3n) is 2.91. The van der Waals surface area contributed by atoms with E-state index in [0.29, 0.717) is 21.9 Å². The lowest BCUT2D eigenvalue weighted by atomic mass is 10.1. The lowest BCUT2D eigenvalue weighted by molar-refractivity contribution is 0.105. The number of aryl methyl sites for hydroxylation is 1. The number of carbonyl (C=O) groups is 1. The summed E-state index contributed by atoms with van der Waals surface area (Å²) in [5, 5.41) is 9.83. The van der Waals surface area contributed by atoms with Crippen molar-refractivity contribution in [2.45, 2.75) is 6.92 Å². The minimum Gasteiger partial charge on any atom is -0.502 e. The Hall–Kier alpha value is -2.27. The third-order valence-corrected chi connectivity index (χ3v) is 3.93. The Kier molecular flexibility index (Phi) is 4.65. The first-order chi connectivity index (χ1) is 10.0. The Morgan fingerprint density at radius 1 is 1.19 bits per heavy atom. The summed E-state index contributed by atoms with van der Waals surface area (Å²) in [6.45, 7) is 1.96. The van der Waals surface area contributed by atoms with Gasteiger partial charge in [0.2, 0.25) is 5.75 Å². The lowest BCUT2D eigenvalue weighted by Crippen LogP contribution is -1.91. The molecule has 0 aliphatic rings. The van der Waals surface area contributed by atoms with E-state index in [1.54, 1.807) is 18.2 Å². The van der Waals surface area contributed by atoms with Gasteiger partial charge in [-0.05, 0) is 42.8 Å². The monoisotopic (exact) mass is 304 g/mol. The van der Waals surface area contributed by atoms with Gasteiger partial charge in [0.1, 0.15) is 0 Å². The van der Waals surface area contributed by atoms with Crippen LogP contribution in [0.3, 0.4) is 0 Å². The van der Waals surface area contributed by atoms with E-state index in [1.165, 1.54) is 31.6 Å². The van der Waals surface area contributed by atoms with Gasteiger partial charge in [0.25, 0.3) is 0 Å². The second-order valence-corrected chi connectivity index (χ2v) is 5.67. The standard InChI is InChI=1S/C16H16O4S/c1-10-4-7-15(21-10)12(17)6-5-11-8-13(19-2)16(18)14(9-11)20-3/h4-9,18H,1-3H3/b6-5+. The molecule has 0 unspecified atom stereocenters. The van der Waals surface area contributed by atoms with Gasteiger partial charge in [-0.1, -0.05) is 6.08 Å². The molecule has 0 atom stereocenters. The first-order valence-electron chi connectivity index (χ1n) is 6.29. The topological polar surface area (TPSA) is 55.8 Å². The molecule has 4 nitrogen and oxygen atoms in total. The molecule has 0 saturated heterocycles. The molecule has 1 aromatic heterocycles. The van der Waals surface area contributed by atoms with Gasteiger partial charge in [0, 0.05) is 4.88 Å². The van der Waals surface area contributed by atoms with Gasteiger partial charge in [-0.15, -0.1) is 11.3 Å². The normalized spacial score (nSPS) is 10.8. The van der Waals surface area contributed by atoms with Crippen LogP contribution in [0, 0.1) is 6.92 Å². The minimum atomic E-state index is -0.0580. The van der Waals surface area contributed by atoms with E-state index >= 15 is 0 Å². The molecule has 0 saturated carbocycles. The average Bonchev–Trinajstić information content (AvgIpc) is 2.92. The summed E-state index contributed by atoms with van der Waals surface area (Å²) in [4.78, 5) is 13.8. The van der Waals surface area contributed by atoms with Crippen molar-refractivity contribution in [1.82, 2.24) is 0 Å². The number of methoxy groups -OCH3 is 2. The van der Waals surface area contributed by atoms with E-state index in [-0.39, 0.29) is 11.5 Å². The van der Waals surface area contributed by atoms with Crippen LogP contribution in [0.2, 0.25) is 0 Å². The fraction of sp³-hybridized carbons (Fsp3) is 0.188. The van der Waals surface area contributed by atoms with Crippen molar-refractivity contribution in [3.63, 3.8) is 0 Å². The molecular formula is C16H16O4S. The largest absolute Gasteiger partial charge is 0.502 e. The number of allylic oxidation sites excluding steroid dienone is 1. The fourth-order valence-electron chi connectivity index (χ4n) is 1.83. The molecule has 2 aromatic rings. The molecule has 0 amide bonds. The second kappa shape index (κ2) is 6.45. The van der Waals surface area contributed by atoms with Gasteiger partial charge >= 0.3 is 0 Å². The molecule has 0 radical (unpaired) electrons. The number of phenols is 1. The molecule has 0 fully saturated rings. The number of rotatable bonds is 5. The van der Waals surface area contributed by atoms with Gasteiger partial charge in [-0.25, -0.2) is 0 Å². The number of ether oxygens (including phenoxy) is 2. The van der Waals surface area contributed by atoms with Crippen LogP contribution in [-0.4, -0.2) is 25.1 Å². The maximum absolute atomic E-state index is 12.0. The maximum Gasteiger partial charge on any atom is 0.200 e. The highest BCUT2D eigenvalue weighted by Gasteiger charge is 2.10. The molecule has 110 valence electrons. The number of phenolic OH excluding ortho intramolecular Hbond substituents is 1. The van der Waals surface area contributed by atoms with Crippen LogP contribution in [0.4, 0.5) is 0 Å². The van der Waals surface area contributed by atoms with E-state index in [2.05, 4.69) is 0 Å². The molecule has 0 spiro atoms. The summed E-state index contributed by atoms with van der Waals surface area (Å²) < 4.78 is 10.2. The van der Waals surface area contributed by atoms with Crippen molar-refractivity contribution in [3.8, 4) is 17.2 Å². The molecule has 0 aliphatic carbocycles. The molecule has 0 aliphatic heterocycles. The van der Waals surface area contributed by atoms with Crippen molar-refractivity contribution in [2.75, 3.05) is 14.2 Å². The molecule has 1 heterocycles. The Labute approximate surface area is 127 Å². The highest BCUT2D eigenvalue weighted by molar-refractivity contribution is 7.14. The summed E-state index contributed by atoms with van der Waals surface area (Å²) in [5.74, 6) is 0.485. The Bertz CT molecular complexity index is 660. The molecule has 1 N–H and O–H groups in total. The Balaban J connectivity index is 2.26. The van der Waals surface area contributed by atoms with Crippen molar-refractivity contribution in [3.05, 3.63) is 45.7 Å². The van der Waals surface area contributed by atoms with Crippen LogP contribution >= 0.6 is 11.3 Å². The minimum absolute atomic E-state index is 0.0564. The third kappa shape index (κ3) is 3.44. The number of thiophene rings is 1. The van der Waals surface area contributed by atoms with Gasteiger partial charge in [-0.2, -0.15) is 0 Å². The second-order valence-electron chi connectivity index (χ2n) is 4.38. The van der Waals surface area contributed by atoms with Crippen molar-refractivity contribution >= 4 is 23.2 Å². The predicted octanol–water partition coefficient (Wildman–Crippen LogP) is 3.68. The molecule has 0 bridgehead atoms. The van der Waals surface area contributed by atoms with Crippen LogP contribution in [0.1, 0.15) is 20.1 Å². The zero-order valence-electron chi connectivity index (χ0n) is 12.0. The van der Waals surface area contributed by atoms with Crippen molar-refractivity contribution in [2.24, 2.45) is 0 Å². The van der Waals surface area contributed by atoms with Crippen LogP contribution < -0.4 is 9.47 Å². The molecule has 21 heavy (non-hydrogen) atoms. The number of hydrogen-bond donors (Lipinski definition) is 1. The van der Waals surface area contributed by atoms with Gasteiger partial charge in [0.15, 0.2) is 17.3 Å². The Morgan fingerprint density at radius 3 is 2.29 bits per heavy atom. The highest BCUT2D eigenvalue weighted by atomic mass is 32.1. The quantitative estimate of drug-likeness (QED) is 0.676. The summed E-state index contributed by atoms with van der Waals surface area (Å²) in [7, 11) is 2.92. The van der Waals surface area contributed by atoms with E-state index < -0.39 is 0 Å². The Morgan fingerprint density at radius 2 is 1.81 bits per heavy atom. The van der Waals surface area contributed by atoms with Crippen molar-refractivity contribution in [1.29, 1.82) is 0 Å². The van der Waals surface area contributed by atoms with Crippen LogP contribution in [-0.2, 0) is 0 Å². The van der Waals surface area contributed by atoms with Crippen LogP contribution in [0.5, 0.6) is 17.2 Å². The number of benzene rings is 1. The van der Waals surface area contributed by atoms with Gasteiger partial charge in [-0.3, -0.25) is 4.79 Å². The zero-order chi connectivity index (χ0) is 15.4. The number of aromatic hydroxyl groups is 1. The van der Waals surface area contributed by atoms with E-state index in [1.807, 2.05) is 19.1 Å². The maximum atomic E-state index is 12.0. The zero-order valence-corrected chi connectivity index (χ0v) is 12.9. The fourth-order valence-corrected chi connectivity index (χ4v) is 2.62. The van der Waals surface area contributed by atoms with E-state index in [4.69, 9.17) is 9.47 Å². The van der Waals surface area contributed by atoms with Crippen LogP contribution in [0.15, 0.2) is 30.3 Å². The van der Waals surface area contributed by atoms with Gasteiger partial charge < -0.3 is 14.6 Å². The smallest absolute Gasteiger partial charge is 0.200 e. The summed E-state index contributed by atoms with van der Waals surface area (Å²) in [6, 6.07) is 7.01. The number of ketones is 1. The number of carbonyl (C=O) groups excluding carboxylic acids is 1. The molecule has 5 heteroatoms. The van der Waals surface area contributed by atoms with E-state index in [9.17, 15) is 9.90 Å². The SMILES string of the molecule is COc1cc(/C=C/C(=O)c2ccc(C)s2)cc(OC)c1O. The first kappa shape index (κ1) is 15.1. The molecular weight excluding hydrogens is 288 g/mol. The molecule has 1 aromatic carbocycles. The predicted molar refractivity (Wildman–Crippen MR) is 83.6 cm³/mol. The lowest BCUT2D eigenvalue weighted by Gasteiger charge is -2.09. The van der Waals surface area contributed by atoms with E-state index in [0.717, 1.165) is 4.88 Å².